The van der Waals surface area contributed by atoms with Gasteiger partial charge in [0.05, 0.1) is 17.2 Å². The van der Waals surface area contributed by atoms with Gasteiger partial charge in [-0.2, -0.15) is 0 Å². The van der Waals surface area contributed by atoms with Crippen molar-refractivity contribution in [2.24, 2.45) is 0 Å². The molecular formula is C11H7Cl2N3O2. The molecule has 0 unspecified atom stereocenters. The third-order valence-corrected chi connectivity index (χ3v) is 2.59. The summed E-state index contributed by atoms with van der Waals surface area (Å²) < 4.78 is 4.96. The molecule has 2 rings (SSSR count). The molecule has 5 nitrogen and oxygen atoms in total. The molecule has 0 aromatic carbocycles. The molecule has 0 aliphatic carbocycles. The van der Waals surface area contributed by atoms with Crippen LogP contribution in [0.1, 0.15) is 16.2 Å². The summed E-state index contributed by atoms with van der Waals surface area (Å²) in [6.07, 6.45) is 4.15. The Morgan fingerprint density at radius 3 is 2.56 bits per heavy atom. The van der Waals surface area contributed by atoms with Gasteiger partial charge in [0, 0.05) is 18.6 Å². The molecule has 7 heteroatoms. The summed E-state index contributed by atoms with van der Waals surface area (Å²) in [6, 6.07) is 1.44. The van der Waals surface area contributed by atoms with E-state index in [1.165, 1.54) is 31.8 Å². The fourth-order valence-electron chi connectivity index (χ4n) is 1.32. The molecule has 0 atom stereocenters. The van der Waals surface area contributed by atoms with Gasteiger partial charge >= 0.3 is 0 Å². The van der Waals surface area contributed by atoms with Crippen LogP contribution in [0, 0.1) is 0 Å². The van der Waals surface area contributed by atoms with E-state index >= 15 is 0 Å². The van der Waals surface area contributed by atoms with Crippen LogP contribution in [0.3, 0.4) is 0 Å². The Morgan fingerprint density at radius 1 is 1.17 bits per heavy atom. The Balaban J connectivity index is 2.48. The van der Waals surface area contributed by atoms with E-state index in [2.05, 4.69) is 15.0 Å². The van der Waals surface area contributed by atoms with Gasteiger partial charge in [-0.15, -0.1) is 0 Å². The summed E-state index contributed by atoms with van der Waals surface area (Å²) in [5.74, 6) is -0.350. The highest BCUT2D eigenvalue weighted by atomic mass is 35.5. The van der Waals surface area contributed by atoms with E-state index < -0.39 is 5.78 Å². The van der Waals surface area contributed by atoms with Crippen LogP contribution in [0.25, 0.3) is 0 Å². The van der Waals surface area contributed by atoms with Crippen LogP contribution in [-0.2, 0) is 0 Å². The van der Waals surface area contributed by atoms with Gasteiger partial charge in [-0.05, 0) is 6.07 Å². The number of halogens is 2. The normalized spacial score (nSPS) is 10.2. The van der Waals surface area contributed by atoms with Crippen molar-refractivity contribution in [3.8, 4) is 5.88 Å². The van der Waals surface area contributed by atoms with E-state index in [9.17, 15) is 4.79 Å². The van der Waals surface area contributed by atoms with E-state index in [4.69, 9.17) is 27.9 Å². The Bertz CT molecular complexity index is 605. The van der Waals surface area contributed by atoms with Gasteiger partial charge in [-0.1, -0.05) is 23.2 Å². The van der Waals surface area contributed by atoms with Crippen LogP contribution >= 0.6 is 23.2 Å². The molecule has 0 aliphatic heterocycles. The first kappa shape index (κ1) is 12.7. The predicted octanol–water partition coefficient (Wildman–Crippen LogP) is 2.42. The summed E-state index contributed by atoms with van der Waals surface area (Å²) in [4.78, 5) is 23.9. The van der Waals surface area contributed by atoms with Crippen molar-refractivity contribution >= 4 is 29.0 Å². The molecule has 0 amide bonds. The van der Waals surface area contributed by atoms with Crippen molar-refractivity contribution < 1.29 is 9.53 Å². The van der Waals surface area contributed by atoms with Gasteiger partial charge in [-0.25, -0.2) is 15.0 Å². The van der Waals surface area contributed by atoms with E-state index in [1.807, 2.05) is 0 Å². The first-order valence-electron chi connectivity index (χ1n) is 4.84. The maximum absolute atomic E-state index is 12.2. The van der Waals surface area contributed by atoms with Crippen LogP contribution in [0.5, 0.6) is 5.88 Å². The fourth-order valence-corrected chi connectivity index (χ4v) is 1.79. The quantitative estimate of drug-likeness (QED) is 0.810. The minimum Gasteiger partial charge on any atom is -0.479 e. The average molecular weight is 284 g/mol. The second kappa shape index (κ2) is 5.29. The van der Waals surface area contributed by atoms with Crippen LogP contribution in [0.15, 0.2) is 24.7 Å². The van der Waals surface area contributed by atoms with Crippen molar-refractivity contribution in [3.63, 3.8) is 0 Å². The maximum atomic E-state index is 12.2. The number of nitrogens with zero attached hydrogens (tertiary/aromatic N) is 3. The predicted molar refractivity (Wildman–Crippen MR) is 66.3 cm³/mol. The van der Waals surface area contributed by atoms with Gasteiger partial charge < -0.3 is 4.74 Å². The molecule has 0 radical (unpaired) electrons. The minimum absolute atomic E-state index is 0.0525. The summed E-state index contributed by atoms with van der Waals surface area (Å²) in [5, 5.41) is 0.503. The highest BCUT2D eigenvalue weighted by Crippen LogP contribution is 2.22. The molecule has 0 saturated carbocycles. The lowest BCUT2D eigenvalue weighted by Gasteiger charge is -2.05. The Morgan fingerprint density at radius 2 is 1.89 bits per heavy atom. The first-order valence-corrected chi connectivity index (χ1v) is 5.60. The molecule has 2 heterocycles. The topological polar surface area (TPSA) is 65.0 Å². The Kier molecular flexibility index (Phi) is 3.74. The minimum atomic E-state index is -0.471. The zero-order chi connectivity index (χ0) is 13.1. The number of carbonyl (C=O) groups is 1. The molecule has 2 aromatic heterocycles. The second-order valence-electron chi connectivity index (χ2n) is 3.23. The molecule has 0 saturated heterocycles. The molecule has 0 bridgehead atoms. The largest absolute Gasteiger partial charge is 0.479 e. The number of hydrogen-bond acceptors (Lipinski definition) is 5. The molecule has 0 N–H and O–H groups in total. The number of methoxy groups -OCH3 is 1. The number of ketones is 1. The van der Waals surface area contributed by atoms with E-state index in [0.717, 1.165) is 0 Å². The Hall–Kier alpha value is -1.72. The van der Waals surface area contributed by atoms with E-state index in [1.54, 1.807) is 0 Å². The van der Waals surface area contributed by atoms with E-state index in [0.29, 0.717) is 5.02 Å². The maximum Gasteiger partial charge on any atom is 0.243 e. The van der Waals surface area contributed by atoms with Crippen molar-refractivity contribution in [3.05, 3.63) is 46.1 Å². The summed E-state index contributed by atoms with van der Waals surface area (Å²) in [5.41, 5.74) is 0.108. The molecule has 92 valence electrons. The van der Waals surface area contributed by atoms with Crippen molar-refractivity contribution in [2.45, 2.75) is 0 Å². The van der Waals surface area contributed by atoms with Crippen LogP contribution in [0.4, 0.5) is 0 Å². The SMILES string of the molecule is COc1nccnc1C(=O)c1ncc(Cl)cc1Cl. The van der Waals surface area contributed by atoms with Crippen LogP contribution in [-0.4, -0.2) is 27.8 Å². The van der Waals surface area contributed by atoms with Gasteiger partial charge in [0.2, 0.25) is 11.7 Å². The monoisotopic (exact) mass is 283 g/mol. The van der Waals surface area contributed by atoms with Crippen molar-refractivity contribution in [1.29, 1.82) is 0 Å². The lowest BCUT2D eigenvalue weighted by molar-refractivity contribution is 0.102. The summed E-state index contributed by atoms with van der Waals surface area (Å²) in [7, 11) is 1.40. The average Bonchev–Trinajstić information content (AvgIpc) is 2.38. The standard InChI is InChI=1S/C11H7Cl2N3O2/c1-18-11-9(14-2-3-15-11)10(17)8-7(13)4-6(12)5-16-8/h2-5H,1H3. The lowest BCUT2D eigenvalue weighted by Crippen LogP contribution is -2.10. The number of aromatic nitrogens is 3. The third kappa shape index (κ3) is 2.42. The van der Waals surface area contributed by atoms with Gasteiger partial charge in [0.1, 0.15) is 5.69 Å². The number of pyridine rings is 1. The van der Waals surface area contributed by atoms with E-state index in [-0.39, 0.29) is 22.3 Å². The molecule has 0 fully saturated rings. The summed E-state index contributed by atoms with van der Waals surface area (Å²) >= 11 is 11.6. The second-order valence-corrected chi connectivity index (χ2v) is 4.07. The van der Waals surface area contributed by atoms with Crippen LogP contribution in [0.2, 0.25) is 10.0 Å². The van der Waals surface area contributed by atoms with Crippen molar-refractivity contribution in [2.75, 3.05) is 7.11 Å². The highest BCUT2D eigenvalue weighted by Gasteiger charge is 2.20. The number of hydrogen-bond donors (Lipinski definition) is 0. The molecular weight excluding hydrogens is 277 g/mol. The number of rotatable bonds is 3. The first-order chi connectivity index (χ1) is 8.63. The molecule has 18 heavy (non-hydrogen) atoms. The van der Waals surface area contributed by atoms with Crippen molar-refractivity contribution in [1.82, 2.24) is 15.0 Å². The highest BCUT2D eigenvalue weighted by molar-refractivity contribution is 6.37. The Labute approximate surface area is 113 Å². The smallest absolute Gasteiger partial charge is 0.243 e. The van der Waals surface area contributed by atoms with Gasteiger partial charge in [-0.3, -0.25) is 4.79 Å². The zero-order valence-electron chi connectivity index (χ0n) is 9.22. The molecule has 0 spiro atoms. The number of carbonyl (C=O) groups excluding carboxylic acids is 1. The lowest BCUT2D eigenvalue weighted by atomic mass is 10.2. The zero-order valence-corrected chi connectivity index (χ0v) is 10.7. The van der Waals surface area contributed by atoms with Gasteiger partial charge in [0.25, 0.3) is 0 Å². The van der Waals surface area contributed by atoms with Gasteiger partial charge in [0.15, 0.2) is 5.69 Å². The molecule has 2 aromatic rings. The molecule has 0 aliphatic rings. The number of ether oxygens (including phenoxy) is 1. The third-order valence-electron chi connectivity index (χ3n) is 2.10. The summed E-state index contributed by atoms with van der Waals surface area (Å²) in [6.45, 7) is 0. The van der Waals surface area contributed by atoms with Crippen LogP contribution < -0.4 is 4.74 Å². The fraction of sp³-hybridized carbons (Fsp3) is 0.0909.